The molecule has 3 rings (SSSR count). The number of aryl methyl sites for hydroxylation is 1. The van der Waals surface area contributed by atoms with Crippen LogP contribution in [-0.2, 0) is 13.1 Å². The molecule has 0 spiro atoms. The van der Waals surface area contributed by atoms with Gasteiger partial charge in [0, 0.05) is 5.02 Å². The summed E-state index contributed by atoms with van der Waals surface area (Å²) < 4.78 is 2.01. The maximum absolute atomic E-state index is 12.6. The van der Waals surface area contributed by atoms with Crippen LogP contribution in [0.4, 0.5) is 0 Å². The molecule has 6 nitrogen and oxygen atoms in total. The van der Waals surface area contributed by atoms with Gasteiger partial charge in [0.2, 0.25) is 0 Å². The first-order valence-corrected chi connectivity index (χ1v) is 8.06. The highest BCUT2D eigenvalue weighted by molar-refractivity contribution is 6.30. The van der Waals surface area contributed by atoms with E-state index in [2.05, 4.69) is 4.98 Å². The van der Waals surface area contributed by atoms with E-state index >= 15 is 0 Å². The molecule has 0 saturated carbocycles. The Balaban J connectivity index is 2.01. The molecule has 0 aliphatic heterocycles. The standard InChI is InChI=1S/C18H16ClN3O3/c1-12-2-4-13(5-3-12)10-21-16(23)20-17(24)22(18(21)25)11-14-6-8-15(19)9-7-14/h2-9H,10-11H2,1H3,(H,20,23,24). The second-order valence-corrected chi connectivity index (χ2v) is 6.24. The summed E-state index contributed by atoms with van der Waals surface area (Å²) in [4.78, 5) is 38.9. The van der Waals surface area contributed by atoms with Crippen molar-refractivity contribution in [2.24, 2.45) is 0 Å². The molecule has 0 saturated heterocycles. The Bertz CT molecular complexity index is 978. The van der Waals surface area contributed by atoms with Gasteiger partial charge in [-0.3, -0.25) is 4.98 Å². The van der Waals surface area contributed by atoms with Gasteiger partial charge in [-0.25, -0.2) is 23.5 Å². The number of H-pyrrole nitrogens is 1. The van der Waals surface area contributed by atoms with E-state index in [0.29, 0.717) is 5.02 Å². The van der Waals surface area contributed by atoms with Crippen LogP contribution in [0, 0.1) is 6.92 Å². The SMILES string of the molecule is Cc1ccc(Cn2c(=O)[nH]c(=O)n(Cc3ccc(Cl)cc3)c2=O)cc1. The lowest BCUT2D eigenvalue weighted by molar-refractivity contribution is 0.560. The molecule has 3 aromatic rings. The quantitative estimate of drug-likeness (QED) is 0.773. The minimum absolute atomic E-state index is 0.0551. The Hall–Kier alpha value is -2.86. The highest BCUT2D eigenvalue weighted by atomic mass is 35.5. The molecule has 0 unspecified atom stereocenters. The first-order valence-electron chi connectivity index (χ1n) is 7.68. The summed E-state index contributed by atoms with van der Waals surface area (Å²) >= 11 is 5.84. The highest BCUT2D eigenvalue weighted by Gasteiger charge is 2.11. The summed E-state index contributed by atoms with van der Waals surface area (Å²) in [6, 6.07) is 14.3. The summed E-state index contributed by atoms with van der Waals surface area (Å²) in [5, 5.41) is 0.564. The molecule has 0 bridgehead atoms. The molecule has 0 aliphatic rings. The number of nitrogens with zero attached hydrogens (tertiary/aromatic N) is 2. The molecule has 0 amide bonds. The van der Waals surface area contributed by atoms with Crippen molar-refractivity contribution in [1.29, 1.82) is 0 Å². The summed E-state index contributed by atoms with van der Waals surface area (Å²) in [6.45, 7) is 2.10. The van der Waals surface area contributed by atoms with E-state index in [9.17, 15) is 14.4 Å². The maximum atomic E-state index is 12.6. The molecule has 0 radical (unpaired) electrons. The van der Waals surface area contributed by atoms with Crippen LogP contribution in [0.15, 0.2) is 62.9 Å². The lowest BCUT2D eigenvalue weighted by Crippen LogP contribution is -2.49. The molecule has 0 atom stereocenters. The maximum Gasteiger partial charge on any atom is 0.336 e. The number of aromatic nitrogens is 3. The molecule has 1 aromatic heterocycles. The number of nitrogens with one attached hydrogen (secondary N) is 1. The van der Waals surface area contributed by atoms with Crippen molar-refractivity contribution in [3.8, 4) is 0 Å². The van der Waals surface area contributed by atoms with Gasteiger partial charge in [0.15, 0.2) is 0 Å². The molecule has 0 aliphatic carbocycles. The highest BCUT2D eigenvalue weighted by Crippen LogP contribution is 2.09. The molecule has 25 heavy (non-hydrogen) atoms. The predicted octanol–water partition coefficient (Wildman–Crippen LogP) is 1.76. The average molecular weight is 358 g/mol. The summed E-state index contributed by atoms with van der Waals surface area (Å²) in [6.07, 6.45) is 0. The van der Waals surface area contributed by atoms with Crippen LogP contribution in [0.5, 0.6) is 0 Å². The monoisotopic (exact) mass is 357 g/mol. The number of halogens is 1. The number of hydrogen-bond acceptors (Lipinski definition) is 3. The van der Waals surface area contributed by atoms with E-state index in [4.69, 9.17) is 11.6 Å². The van der Waals surface area contributed by atoms with E-state index in [1.807, 2.05) is 31.2 Å². The minimum atomic E-state index is -0.731. The summed E-state index contributed by atoms with van der Waals surface area (Å²) in [7, 11) is 0. The topological polar surface area (TPSA) is 76.9 Å². The number of rotatable bonds is 4. The van der Waals surface area contributed by atoms with Gasteiger partial charge < -0.3 is 0 Å². The van der Waals surface area contributed by atoms with E-state index in [1.54, 1.807) is 24.3 Å². The van der Waals surface area contributed by atoms with Gasteiger partial charge in [-0.05, 0) is 30.2 Å². The van der Waals surface area contributed by atoms with Crippen molar-refractivity contribution in [2.45, 2.75) is 20.0 Å². The lowest BCUT2D eigenvalue weighted by Gasteiger charge is -2.09. The molecule has 128 valence electrons. The average Bonchev–Trinajstić information content (AvgIpc) is 2.59. The zero-order valence-corrected chi connectivity index (χ0v) is 14.3. The van der Waals surface area contributed by atoms with Crippen LogP contribution in [0.25, 0.3) is 0 Å². The van der Waals surface area contributed by atoms with Crippen molar-refractivity contribution in [3.05, 3.63) is 102 Å². The smallest absolute Gasteiger partial charge is 0.259 e. The van der Waals surface area contributed by atoms with Crippen LogP contribution in [0.3, 0.4) is 0 Å². The predicted molar refractivity (Wildman–Crippen MR) is 96.4 cm³/mol. The normalized spacial score (nSPS) is 10.8. The van der Waals surface area contributed by atoms with Gasteiger partial charge in [-0.2, -0.15) is 0 Å². The number of aromatic amines is 1. The van der Waals surface area contributed by atoms with E-state index in [-0.39, 0.29) is 13.1 Å². The fraction of sp³-hybridized carbons (Fsp3) is 0.167. The molecular formula is C18H16ClN3O3. The third-order valence-corrected chi connectivity index (χ3v) is 4.13. The van der Waals surface area contributed by atoms with Gasteiger partial charge in [0.25, 0.3) is 0 Å². The molecule has 7 heteroatoms. The Kier molecular flexibility index (Phi) is 4.72. The number of hydrogen-bond donors (Lipinski definition) is 1. The van der Waals surface area contributed by atoms with Crippen molar-refractivity contribution < 1.29 is 0 Å². The Morgan fingerprint density at radius 1 is 0.800 bits per heavy atom. The summed E-state index contributed by atoms with van der Waals surface area (Å²) in [5.74, 6) is 0. The van der Waals surface area contributed by atoms with Gasteiger partial charge in [-0.1, -0.05) is 53.6 Å². The van der Waals surface area contributed by atoms with Crippen molar-refractivity contribution in [3.63, 3.8) is 0 Å². The lowest BCUT2D eigenvalue weighted by atomic mass is 10.1. The molecule has 1 N–H and O–H groups in total. The van der Waals surface area contributed by atoms with Gasteiger partial charge >= 0.3 is 17.1 Å². The van der Waals surface area contributed by atoms with E-state index < -0.39 is 17.1 Å². The van der Waals surface area contributed by atoms with Gasteiger partial charge in [0.05, 0.1) is 13.1 Å². The van der Waals surface area contributed by atoms with Crippen LogP contribution in [-0.4, -0.2) is 14.1 Å². The van der Waals surface area contributed by atoms with Crippen molar-refractivity contribution >= 4 is 11.6 Å². The molecule has 2 aromatic carbocycles. The Morgan fingerprint density at radius 2 is 1.24 bits per heavy atom. The first-order chi connectivity index (χ1) is 11.9. The summed E-state index contributed by atoms with van der Waals surface area (Å²) in [5.41, 5.74) is 0.516. The van der Waals surface area contributed by atoms with Gasteiger partial charge in [-0.15, -0.1) is 0 Å². The van der Waals surface area contributed by atoms with Crippen LogP contribution >= 0.6 is 11.6 Å². The minimum Gasteiger partial charge on any atom is -0.259 e. The zero-order valence-electron chi connectivity index (χ0n) is 13.5. The van der Waals surface area contributed by atoms with Crippen molar-refractivity contribution in [2.75, 3.05) is 0 Å². The van der Waals surface area contributed by atoms with Crippen LogP contribution in [0.2, 0.25) is 5.02 Å². The van der Waals surface area contributed by atoms with Crippen molar-refractivity contribution in [1.82, 2.24) is 14.1 Å². The molecule has 1 heterocycles. The Labute approximate surface area is 148 Å². The molecular weight excluding hydrogens is 342 g/mol. The van der Waals surface area contributed by atoms with Crippen LogP contribution < -0.4 is 17.1 Å². The second-order valence-electron chi connectivity index (χ2n) is 5.80. The van der Waals surface area contributed by atoms with Gasteiger partial charge in [0.1, 0.15) is 0 Å². The molecule has 0 fully saturated rings. The largest absolute Gasteiger partial charge is 0.336 e. The zero-order chi connectivity index (χ0) is 18.0. The second kappa shape index (κ2) is 6.94. The third kappa shape index (κ3) is 3.80. The van der Waals surface area contributed by atoms with Crippen LogP contribution in [0.1, 0.15) is 16.7 Å². The van der Waals surface area contributed by atoms with E-state index in [0.717, 1.165) is 25.8 Å². The third-order valence-electron chi connectivity index (χ3n) is 3.88. The Morgan fingerprint density at radius 3 is 1.72 bits per heavy atom. The first kappa shape index (κ1) is 17.0. The number of benzene rings is 2. The fourth-order valence-corrected chi connectivity index (χ4v) is 2.60. The van der Waals surface area contributed by atoms with E-state index in [1.165, 1.54) is 0 Å². The fourth-order valence-electron chi connectivity index (χ4n) is 2.47.